The molecule has 2 rings (SSSR count). The monoisotopic (exact) mass is 313 g/mol. The number of rotatable bonds is 4. The lowest BCUT2D eigenvalue weighted by Gasteiger charge is -2.30. The van der Waals surface area contributed by atoms with Crippen molar-refractivity contribution in [2.75, 3.05) is 19.3 Å². The van der Waals surface area contributed by atoms with Crippen molar-refractivity contribution in [3.8, 4) is 0 Å². The van der Waals surface area contributed by atoms with E-state index >= 15 is 0 Å². The predicted octanol–water partition coefficient (Wildman–Crippen LogP) is 1.04. The summed E-state index contributed by atoms with van der Waals surface area (Å²) in [5.74, 6) is 0.567. The second-order valence-corrected chi connectivity index (χ2v) is 8.05. The molecule has 0 radical (unpaired) electrons. The van der Waals surface area contributed by atoms with Gasteiger partial charge in [0.05, 0.1) is 18.3 Å². The lowest BCUT2D eigenvalue weighted by Crippen LogP contribution is -2.39. The van der Waals surface area contributed by atoms with Crippen LogP contribution >= 0.6 is 0 Å². The second-order valence-electron chi connectivity index (χ2n) is 6.06. The molecular weight excluding hydrogens is 290 g/mol. The fourth-order valence-corrected chi connectivity index (χ4v) is 3.47. The molecule has 1 aromatic heterocycles. The van der Waals surface area contributed by atoms with Crippen LogP contribution in [-0.2, 0) is 16.6 Å². The minimum Gasteiger partial charge on any atom is -0.299 e. The Labute approximate surface area is 125 Å². The van der Waals surface area contributed by atoms with Crippen LogP contribution < -0.4 is 5.56 Å². The molecule has 0 bridgehead atoms. The minimum atomic E-state index is -3.09. The molecule has 0 amide bonds. The van der Waals surface area contributed by atoms with Crippen molar-refractivity contribution in [1.29, 1.82) is 0 Å². The SMILES string of the molecule is CC(C)c1cc(=O)n(CC2CCN(S(C)(=O)=O)CC2)cn1. The molecule has 7 heteroatoms. The van der Waals surface area contributed by atoms with Gasteiger partial charge >= 0.3 is 0 Å². The van der Waals surface area contributed by atoms with E-state index in [2.05, 4.69) is 4.98 Å². The molecular formula is C14H23N3O3S. The summed E-state index contributed by atoms with van der Waals surface area (Å²) in [6, 6.07) is 1.59. The lowest BCUT2D eigenvalue weighted by molar-refractivity contribution is 0.251. The van der Waals surface area contributed by atoms with Crippen molar-refractivity contribution in [1.82, 2.24) is 13.9 Å². The highest BCUT2D eigenvalue weighted by molar-refractivity contribution is 7.88. The van der Waals surface area contributed by atoms with Gasteiger partial charge in [-0.05, 0) is 24.7 Å². The molecule has 0 saturated carbocycles. The third-order valence-electron chi connectivity index (χ3n) is 3.99. The van der Waals surface area contributed by atoms with Crippen molar-refractivity contribution in [3.63, 3.8) is 0 Å². The van der Waals surface area contributed by atoms with Gasteiger partial charge in [-0.2, -0.15) is 0 Å². The zero-order valence-electron chi connectivity index (χ0n) is 12.8. The van der Waals surface area contributed by atoms with Crippen LogP contribution in [0, 0.1) is 5.92 Å². The van der Waals surface area contributed by atoms with E-state index < -0.39 is 10.0 Å². The first-order valence-corrected chi connectivity index (χ1v) is 9.13. The topological polar surface area (TPSA) is 72.3 Å². The van der Waals surface area contributed by atoms with E-state index in [0.717, 1.165) is 18.5 Å². The first-order valence-electron chi connectivity index (χ1n) is 7.29. The first kappa shape index (κ1) is 16.2. The van der Waals surface area contributed by atoms with Crippen LogP contribution in [0.3, 0.4) is 0 Å². The average molecular weight is 313 g/mol. The maximum atomic E-state index is 12.1. The molecule has 0 atom stereocenters. The molecule has 1 aliphatic heterocycles. The Kier molecular flexibility index (Phi) is 4.83. The van der Waals surface area contributed by atoms with Crippen LogP contribution in [0.25, 0.3) is 0 Å². The summed E-state index contributed by atoms with van der Waals surface area (Å²) in [5.41, 5.74) is 0.780. The van der Waals surface area contributed by atoms with Gasteiger partial charge in [-0.15, -0.1) is 0 Å². The van der Waals surface area contributed by atoms with E-state index in [4.69, 9.17) is 0 Å². The van der Waals surface area contributed by atoms with Gasteiger partial charge in [-0.25, -0.2) is 17.7 Å². The molecule has 1 saturated heterocycles. The molecule has 1 aliphatic rings. The Bertz CT molecular complexity index is 644. The highest BCUT2D eigenvalue weighted by atomic mass is 32.2. The quantitative estimate of drug-likeness (QED) is 0.832. The van der Waals surface area contributed by atoms with Gasteiger partial charge < -0.3 is 0 Å². The van der Waals surface area contributed by atoms with E-state index in [1.54, 1.807) is 17.0 Å². The third-order valence-corrected chi connectivity index (χ3v) is 5.29. The van der Waals surface area contributed by atoms with Crippen LogP contribution in [0.2, 0.25) is 0 Å². The van der Waals surface area contributed by atoms with Gasteiger partial charge in [0.25, 0.3) is 5.56 Å². The highest BCUT2D eigenvalue weighted by Gasteiger charge is 2.25. The molecule has 21 heavy (non-hydrogen) atoms. The zero-order chi connectivity index (χ0) is 15.6. The van der Waals surface area contributed by atoms with E-state index in [-0.39, 0.29) is 11.5 Å². The van der Waals surface area contributed by atoms with Crippen LogP contribution in [0.1, 0.15) is 38.3 Å². The number of nitrogens with zero attached hydrogens (tertiary/aromatic N) is 3. The minimum absolute atomic E-state index is 0.0285. The van der Waals surface area contributed by atoms with E-state index in [0.29, 0.717) is 25.6 Å². The molecule has 0 aromatic carbocycles. The van der Waals surface area contributed by atoms with Crippen LogP contribution in [0.15, 0.2) is 17.2 Å². The summed E-state index contributed by atoms with van der Waals surface area (Å²) in [4.78, 5) is 16.4. The standard InChI is InChI=1S/C14H23N3O3S/c1-11(2)13-8-14(18)16(10-15-13)9-12-4-6-17(7-5-12)21(3,19)20/h8,10-12H,4-7,9H2,1-3H3. The average Bonchev–Trinajstić information content (AvgIpc) is 2.40. The van der Waals surface area contributed by atoms with Crippen molar-refractivity contribution in [2.24, 2.45) is 5.92 Å². The zero-order valence-corrected chi connectivity index (χ0v) is 13.6. The normalized spacial score (nSPS) is 18.3. The molecule has 6 nitrogen and oxygen atoms in total. The Morgan fingerprint density at radius 3 is 2.43 bits per heavy atom. The summed E-state index contributed by atoms with van der Waals surface area (Å²) in [7, 11) is -3.09. The number of hydrogen-bond donors (Lipinski definition) is 0. The van der Waals surface area contributed by atoms with E-state index in [9.17, 15) is 13.2 Å². The summed E-state index contributed by atoms with van der Waals surface area (Å²) >= 11 is 0. The molecule has 118 valence electrons. The van der Waals surface area contributed by atoms with E-state index in [1.807, 2.05) is 13.8 Å². The van der Waals surface area contributed by atoms with Gasteiger partial charge in [-0.1, -0.05) is 13.8 Å². The molecule has 0 unspecified atom stereocenters. The van der Waals surface area contributed by atoms with Gasteiger partial charge in [-0.3, -0.25) is 9.36 Å². The van der Waals surface area contributed by atoms with Crippen LogP contribution in [-0.4, -0.2) is 41.6 Å². The molecule has 0 spiro atoms. The molecule has 2 heterocycles. The Morgan fingerprint density at radius 2 is 1.95 bits per heavy atom. The largest absolute Gasteiger partial charge is 0.299 e. The first-order chi connectivity index (χ1) is 9.77. The van der Waals surface area contributed by atoms with Gasteiger partial charge in [0.15, 0.2) is 0 Å². The Balaban J connectivity index is 2.00. The van der Waals surface area contributed by atoms with Crippen molar-refractivity contribution in [2.45, 2.75) is 39.2 Å². The molecule has 1 fully saturated rings. The molecule has 0 N–H and O–H groups in total. The summed E-state index contributed by atoms with van der Waals surface area (Å²) < 4.78 is 26.1. The van der Waals surface area contributed by atoms with Crippen LogP contribution in [0.5, 0.6) is 0 Å². The molecule has 1 aromatic rings. The summed E-state index contributed by atoms with van der Waals surface area (Å²) in [5, 5.41) is 0. The lowest BCUT2D eigenvalue weighted by atomic mass is 9.98. The number of aromatic nitrogens is 2. The van der Waals surface area contributed by atoms with Crippen molar-refractivity contribution in [3.05, 3.63) is 28.4 Å². The number of piperidine rings is 1. The predicted molar refractivity (Wildman–Crippen MR) is 81.7 cm³/mol. The Morgan fingerprint density at radius 1 is 1.33 bits per heavy atom. The van der Waals surface area contributed by atoms with Crippen molar-refractivity contribution >= 4 is 10.0 Å². The fraction of sp³-hybridized carbons (Fsp3) is 0.714. The fourth-order valence-electron chi connectivity index (χ4n) is 2.59. The summed E-state index contributed by atoms with van der Waals surface area (Å²) in [6.07, 6.45) is 4.42. The highest BCUT2D eigenvalue weighted by Crippen LogP contribution is 2.20. The number of sulfonamides is 1. The van der Waals surface area contributed by atoms with Gasteiger partial charge in [0, 0.05) is 25.7 Å². The maximum absolute atomic E-state index is 12.1. The van der Waals surface area contributed by atoms with Crippen LogP contribution in [0.4, 0.5) is 0 Å². The smallest absolute Gasteiger partial charge is 0.253 e. The Hall–Kier alpha value is -1.21. The summed E-state index contributed by atoms with van der Waals surface area (Å²) in [6.45, 7) is 5.70. The second kappa shape index (κ2) is 6.27. The molecule has 0 aliphatic carbocycles. The number of hydrogen-bond acceptors (Lipinski definition) is 4. The van der Waals surface area contributed by atoms with E-state index in [1.165, 1.54) is 10.6 Å². The third kappa shape index (κ3) is 4.14. The van der Waals surface area contributed by atoms with Crippen molar-refractivity contribution < 1.29 is 8.42 Å². The van der Waals surface area contributed by atoms with Gasteiger partial charge in [0.1, 0.15) is 0 Å². The maximum Gasteiger partial charge on any atom is 0.253 e. The van der Waals surface area contributed by atoms with Gasteiger partial charge in [0.2, 0.25) is 10.0 Å².